The van der Waals surface area contributed by atoms with Crippen LogP contribution in [0.5, 0.6) is 0 Å². The fraction of sp³-hybridized carbons (Fsp3) is 0.500. The molecule has 2 atom stereocenters. The summed E-state index contributed by atoms with van der Waals surface area (Å²) in [6, 6.07) is 13.7. The lowest BCUT2D eigenvalue weighted by atomic mass is 9.95. The number of benzene rings is 1. The Morgan fingerprint density at radius 3 is 2.28 bits per heavy atom. The fourth-order valence-electron chi connectivity index (χ4n) is 5.13. The van der Waals surface area contributed by atoms with E-state index in [4.69, 9.17) is 0 Å². The van der Waals surface area contributed by atoms with E-state index < -0.39 is 11.2 Å². The molecule has 3 heterocycles. The van der Waals surface area contributed by atoms with Gasteiger partial charge in [0, 0.05) is 45.8 Å². The number of anilines is 1. The SMILES string of the molecule is CN(c1c(C#N)c(=O)n(C)c(=O)n1C)C1CC2CCC(C1)N2Cc1ccccc1. The highest BCUT2D eigenvalue weighted by Gasteiger charge is 2.42. The molecule has 1 aromatic heterocycles. The molecule has 2 saturated heterocycles. The summed E-state index contributed by atoms with van der Waals surface area (Å²) in [5.74, 6) is 0.432. The van der Waals surface area contributed by atoms with Crippen LogP contribution in [-0.4, -0.2) is 39.2 Å². The Morgan fingerprint density at radius 1 is 1.07 bits per heavy atom. The van der Waals surface area contributed by atoms with Crippen LogP contribution in [0, 0.1) is 11.3 Å². The van der Waals surface area contributed by atoms with Gasteiger partial charge in [-0.1, -0.05) is 30.3 Å². The number of aromatic nitrogens is 2. The number of piperidine rings is 1. The second-order valence-corrected chi connectivity index (χ2v) is 8.30. The van der Waals surface area contributed by atoms with Crippen LogP contribution in [0.15, 0.2) is 39.9 Å². The molecular formula is C22H27N5O2. The van der Waals surface area contributed by atoms with Crippen molar-refractivity contribution in [2.75, 3.05) is 11.9 Å². The number of hydrogen-bond donors (Lipinski definition) is 0. The number of fused-ring (bicyclic) bond motifs is 2. The number of nitriles is 1. The Morgan fingerprint density at radius 2 is 1.69 bits per heavy atom. The van der Waals surface area contributed by atoms with Gasteiger partial charge in [-0.05, 0) is 31.2 Å². The van der Waals surface area contributed by atoms with Crippen molar-refractivity contribution in [2.45, 2.75) is 50.4 Å². The Bertz CT molecular complexity index is 1050. The molecule has 2 unspecified atom stereocenters. The maximum absolute atomic E-state index is 12.5. The molecule has 2 aliphatic rings. The van der Waals surface area contributed by atoms with Crippen LogP contribution in [0.25, 0.3) is 0 Å². The Balaban J connectivity index is 1.60. The molecule has 0 radical (unpaired) electrons. The van der Waals surface area contributed by atoms with Crippen LogP contribution in [0.2, 0.25) is 0 Å². The predicted molar refractivity (Wildman–Crippen MR) is 112 cm³/mol. The zero-order valence-electron chi connectivity index (χ0n) is 17.2. The molecule has 0 N–H and O–H groups in total. The van der Waals surface area contributed by atoms with E-state index in [0.717, 1.165) is 24.0 Å². The normalized spacial score (nSPS) is 23.7. The molecule has 4 rings (SSSR count). The molecular weight excluding hydrogens is 366 g/mol. The second kappa shape index (κ2) is 7.53. The minimum Gasteiger partial charge on any atom is -0.357 e. The van der Waals surface area contributed by atoms with Crippen molar-refractivity contribution < 1.29 is 0 Å². The first-order valence-corrected chi connectivity index (χ1v) is 10.1. The lowest BCUT2D eigenvalue weighted by molar-refractivity contribution is 0.118. The second-order valence-electron chi connectivity index (χ2n) is 8.30. The van der Waals surface area contributed by atoms with Gasteiger partial charge in [0.25, 0.3) is 5.56 Å². The largest absolute Gasteiger partial charge is 0.357 e. The maximum atomic E-state index is 12.5. The zero-order valence-corrected chi connectivity index (χ0v) is 17.2. The molecule has 1 aromatic carbocycles. The van der Waals surface area contributed by atoms with E-state index in [-0.39, 0.29) is 11.6 Å². The molecule has 2 aromatic rings. The molecule has 7 nitrogen and oxygen atoms in total. The number of hydrogen-bond acceptors (Lipinski definition) is 5. The first-order valence-electron chi connectivity index (χ1n) is 10.1. The van der Waals surface area contributed by atoms with Gasteiger partial charge in [0.05, 0.1) is 0 Å². The van der Waals surface area contributed by atoms with Crippen LogP contribution < -0.4 is 16.1 Å². The lowest BCUT2D eigenvalue weighted by Gasteiger charge is -2.43. The fourth-order valence-corrected chi connectivity index (χ4v) is 5.13. The van der Waals surface area contributed by atoms with E-state index >= 15 is 0 Å². The summed E-state index contributed by atoms with van der Waals surface area (Å²) in [6.07, 6.45) is 4.27. The van der Waals surface area contributed by atoms with Crippen LogP contribution in [-0.2, 0) is 20.6 Å². The molecule has 152 valence electrons. The summed E-state index contributed by atoms with van der Waals surface area (Å²) in [5.41, 5.74) is 0.440. The first-order chi connectivity index (χ1) is 13.9. The van der Waals surface area contributed by atoms with Gasteiger partial charge in [-0.25, -0.2) is 4.79 Å². The minimum absolute atomic E-state index is 0.0381. The Hall–Kier alpha value is -2.85. The van der Waals surface area contributed by atoms with Crippen LogP contribution >= 0.6 is 0 Å². The maximum Gasteiger partial charge on any atom is 0.332 e. The van der Waals surface area contributed by atoms with Crippen molar-refractivity contribution in [1.82, 2.24) is 14.0 Å². The van der Waals surface area contributed by atoms with Crippen molar-refractivity contribution in [3.8, 4) is 6.07 Å². The van der Waals surface area contributed by atoms with Crippen LogP contribution in [0.3, 0.4) is 0 Å². The van der Waals surface area contributed by atoms with Crippen molar-refractivity contribution in [3.05, 3.63) is 62.3 Å². The summed E-state index contributed by atoms with van der Waals surface area (Å²) in [6.45, 7) is 0.959. The molecule has 0 spiro atoms. The van der Waals surface area contributed by atoms with Gasteiger partial charge in [-0.3, -0.25) is 18.8 Å². The van der Waals surface area contributed by atoms with Crippen molar-refractivity contribution >= 4 is 5.82 Å². The molecule has 2 aliphatic heterocycles. The quantitative estimate of drug-likeness (QED) is 0.789. The van der Waals surface area contributed by atoms with E-state index in [1.54, 1.807) is 7.05 Å². The van der Waals surface area contributed by atoms with Gasteiger partial charge in [0.1, 0.15) is 11.9 Å². The summed E-state index contributed by atoms with van der Waals surface area (Å²) in [7, 11) is 4.96. The standard InChI is InChI=1S/C22H27N5O2/c1-24(20-19(13-23)21(28)26(3)22(29)25(20)2)18-11-16-9-10-17(12-18)27(16)14-15-7-5-4-6-8-15/h4-8,16-18H,9-12,14H2,1-3H3. The highest BCUT2D eigenvalue weighted by Crippen LogP contribution is 2.39. The average Bonchev–Trinajstić information content (AvgIpc) is 2.96. The van der Waals surface area contributed by atoms with Gasteiger partial charge in [-0.15, -0.1) is 0 Å². The Labute approximate surface area is 170 Å². The van der Waals surface area contributed by atoms with E-state index in [1.807, 2.05) is 24.1 Å². The highest BCUT2D eigenvalue weighted by molar-refractivity contribution is 5.53. The van der Waals surface area contributed by atoms with Gasteiger partial charge in [-0.2, -0.15) is 5.26 Å². The third-order valence-corrected chi connectivity index (χ3v) is 6.69. The lowest BCUT2D eigenvalue weighted by Crippen LogP contribution is -2.51. The van der Waals surface area contributed by atoms with Crippen molar-refractivity contribution in [2.24, 2.45) is 14.1 Å². The molecule has 0 amide bonds. The molecule has 2 bridgehead atoms. The third-order valence-electron chi connectivity index (χ3n) is 6.69. The first kappa shape index (κ1) is 19.5. The summed E-state index contributed by atoms with van der Waals surface area (Å²) < 4.78 is 2.43. The van der Waals surface area contributed by atoms with E-state index in [0.29, 0.717) is 17.9 Å². The molecule has 7 heteroatoms. The zero-order chi connectivity index (χ0) is 20.7. The Kier molecular flexibility index (Phi) is 5.05. The van der Waals surface area contributed by atoms with Gasteiger partial charge in [0.15, 0.2) is 5.56 Å². The highest BCUT2D eigenvalue weighted by atomic mass is 16.2. The smallest absolute Gasteiger partial charge is 0.332 e. The van der Waals surface area contributed by atoms with Gasteiger partial charge in [0.2, 0.25) is 0 Å². The molecule has 0 aliphatic carbocycles. The van der Waals surface area contributed by atoms with Gasteiger partial charge < -0.3 is 4.90 Å². The average molecular weight is 393 g/mol. The number of nitrogens with zero attached hydrogens (tertiary/aromatic N) is 5. The topological polar surface area (TPSA) is 74.3 Å². The van der Waals surface area contributed by atoms with E-state index in [9.17, 15) is 14.9 Å². The third kappa shape index (κ3) is 3.28. The van der Waals surface area contributed by atoms with Crippen molar-refractivity contribution in [1.29, 1.82) is 5.26 Å². The van der Waals surface area contributed by atoms with Crippen molar-refractivity contribution in [3.63, 3.8) is 0 Å². The molecule has 2 fully saturated rings. The summed E-state index contributed by atoms with van der Waals surface area (Å²) in [4.78, 5) is 29.5. The number of rotatable bonds is 4. The monoisotopic (exact) mass is 393 g/mol. The minimum atomic E-state index is -0.526. The predicted octanol–water partition coefficient (Wildman–Crippen LogP) is 1.59. The molecule has 0 saturated carbocycles. The molecule has 29 heavy (non-hydrogen) atoms. The van der Waals surface area contributed by atoms with E-state index in [2.05, 4.69) is 29.2 Å². The summed E-state index contributed by atoms with van der Waals surface area (Å²) >= 11 is 0. The van der Waals surface area contributed by atoms with E-state index in [1.165, 1.54) is 30.0 Å². The van der Waals surface area contributed by atoms with Crippen LogP contribution in [0.1, 0.15) is 36.8 Å². The summed E-state index contributed by atoms with van der Waals surface area (Å²) in [5, 5.41) is 9.60. The van der Waals surface area contributed by atoms with Gasteiger partial charge >= 0.3 is 5.69 Å². The van der Waals surface area contributed by atoms with Crippen LogP contribution in [0.4, 0.5) is 5.82 Å².